The van der Waals surface area contributed by atoms with Crippen LogP contribution in [0.3, 0.4) is 0 Å². The highest BCUT2D eigenvalue weighted by Crippen LogP contribution is 2.33. The zero-order valence-electron chi connectivity index (χ0n) is 17.4. The first-order chi connectivity index (χ1) is 15.4. The third kappa shape index (κ3) is 5.64. The molecule has 0 atom stereocenters. The largest absolute Gasteiger partial charge is 0.481 e. The van der Waals surface area contributed by atoms with E-state index in [-0.39, 0.29) is 34.9 Å². The summed E-state index contributed by atoms with van der Waals surface area (Å²) in [6.07, 6.45) is -4.62. The van der Waals surface area contributed by atoms with Crippen molar-refractivity contribution < 1.29 is 36.3 Å². The molecule has 0 unspecified atom stereocenters. The minimum absolute atomic E-state index is 0.115. The number of carboxylic acid groups (broad SMARTS) is 1. The highest BCUT2D eigenvalue weighted by molar-refractivity contribution is 7.92. The second-order valence-electron chi connectivity index (χ2n) is 7.27. The maximum atomic E-state index is 13.1. The van der Waals surface area contributed by atoms with Crippen molar-refractivity contribution in [1.29, 1.82) is 0 Å². The molecule has 0 saturated carbocycles. The van der Waals surface area contributed by atoms with Crippen molar-refractivity contribution in [1.82, 2.24) is 0 Å². The first kappa shape index (κ1) is 24.1. The lowest BCUT2D eigenvalue weighted by atomic mass is 10.1. The fourth-order valence-corrected chi connectivity index (χ4v) is 4.45. The van der Waals surface area contributed by atoms with Gasteiger partial charge >= 0.3 is 12.1 Å². The van der Waals surface area contributed by atoms with Gasteiger partial charge in [0.2, 0.25) is 5.91 Å². The van der Waals surface area contributed by atoms with Gasteiger partial charge in [0.1, 0.15) is 0 Å². The molecule has 174 valence electrons. The molecule has 0 aliphatic carbocycles. The van der Waals surface area contributed by atoms with Gasteiger partial charge in [-0.25, -0.2) is 8.42 Å². The van der Waals surface area contributed by atoms with Crippen LogP contribution < -0.4 is 9.62 Å². The highest BCUT2D eigenvalue weighted by Gasteiger charge is 2.31. The number of amides is 1. The van der Waals surface area contributed by atoms with E-state index >= 15 is 0 Å². The smallest absolute Gasteiger partial charge is 0.416 e. The lowest BCUT2D eigenvalue weighted by Crippen LogP contribution is -2.25. The second-order valence-corrected chi connectivity index (χ2v) is 8.95. The number of carbonyl (C=O) groups excluding carboxylic acids is 1. The fourth-order valence-electron chi connectivity index (χ4n) is 3.32. The molecule has 1 amide bonds. The van der Waals surface area contributed by atoms with Gasteiger partial charge in [-0.05, 0) is 48.4 Å². The molecule has 11 heteroatoms. The number of carbonyl (C=O) groups is 2. The second kappa shape index (κ2) is 9.15. The average molecular weight is 480 g/mol. The zero-order chi connectivity index (χ0) is 24.4. The predicted octanol–water partition coefficient (Wildman–Crippen LogP) is 3.63. The van der Waals surface area contributed by atoms with Gasteiger partial charge in [0.25, 0.3) is 10.0 Å². The SMILES string of the molecule is CC(=O)N1CCc2cc(S(=O)(=O)Nc3ccc(C(F)(F)F)cc3C#CCCC(=O)O)ccc21. The molecule has 2 aromatic rings. The van der Waals surface area contributed by atoms with Crippen LogP contribution >= 0.6 is 0 Å². The number of nitrogens with one attached hydrogen (secondary N) is 1. The number of alkyl halides is 3. The molecule has 1 heterocycles. The first-order valence-electron chi connectivity index (χ1n) is 9.74. The summed E-state index contributed by atoms with van der Waals surface area (Å²) in [6, 6.07) is 6.64. The molecule has 0 aromatic heterocycles. The molecular formula is C22H19F3N2O5S. The first-order valence-corrected chi connectivity index (χ1v) is 11.2. The van der Waals surface area contributed by atoms with E-state index in [4.69, 9.17) is 5.11 Å². The van der Waals surface area contributed by atoms with Crippen LogP contribution in [-0.2, 0) is 32.2 Å². The topological polar surface area (TPSA) is 104 Å². The van der Waals surface area contributed by atoms with Gasteiger partial charge in [0.15, 0.2) is 0 Å². The van der Waals surface area contributed by atoms with Crippen LogP contribution in [0, 0.1) is 11.8 Å². The minimum Gasteiger partial charge on any atom is -0.481 e. The van der Waals surface area contributed by atoms with Crippen LogP contribution in [0.15, 0.2) is 41.3 Å². The molecule has 0 fully saturated rings. The lowest BCUT2D eigenvalue weighted by molar-refractivity contribution is -0.138. The highest BCUT2D eigenvalue weighted by atomic mass is 32.2. The van der Waals surface area contributed by atoms with Gasteiger partial charge in [-0.2, -0.15) is 13.2 Å². The number of rotatable bonds is 5. The van der Waals surface area contributed by atoms with Crippen LogP contribution in [0.1, 0.15) is 36.5 Å². The van der Waals surface area contributed by atoms with E-state index in [0.717, 1.165) is 12.1 Å². The Morgan fingerprint density at radius 2 is 1.91 bits per heavy atom. The van der Waals surface area contributed by atoms with Crippen molar-refractivity contribution in [3.63, 3.8) is 0 Å². The number of aliphatic carboxylic acids is 1. The Hall–Kier alpha value is -3.52. The van der Waals surface area contributed by atoms with E-state index in [1.807, 2.05) is 0 Å². The monoisotopic (exact) mass is 480 g/mol. The van der Waals surface area contributed by atoms with Crippen molar-refractivity contribution >= 4 is 33.3 Å². The number of sulfonamides is 1. The summed E-state index contributed by atoms with van der Waals surface area (Å²) in [5.74, 6) is 3.60. The molecular weight excluding hydrogens is 461 g/mol. The summed E-state index contributed by atoms with van der Waals surface area (Å²) in [6.45, 7) is 1.83. The fraction of sp³-hybridized carbons (Fsp3) is 0.273. The molecule has 7 nitrogen and oxygen atoms in total. The Bertz CT molecular complexity index is 1280. The van der Waals surface area contributed by atoms with Crippen molar-refractivity contribution in [2.24, 2.45) is 0 Å². The van der Waals surface area contributed by atoms with E-state index in [0.29, 0.717) is 30.3 Å². The number of anilines is 2. The number of benzene rings is 2. The van der Waals surface area contributed by atoms with Gasteiger partial charge in [0, 0.05) is 31.1 Å². The third-order valence-corrected chi connectivity index (χ3v) is 6.28. The van der Waals surface area contributed by atoms with E-state index in [1.54, 1.807) is 0 Å². The maximum Gasteiger partial charge on any atom is 0.416 e. The van der Waals surface area contributed by atoms with Crippen molar-refractivity contribution in [3.05, 3.63) is 53.1 Å². The molecule has 1 aliphatic rings. The summed E-state index contributed by atoms with van der Waals surface area (Å²) in [5, 5.41) is 8.68. The number of nitrogens with zero attached hydrogens (tertiary/aromatic N) is 1. The maximum absolute atomic E-state index is 13.1. The summed E-state index contributed by atoms with van der Waals surface area (Å²) in [4.78, 5) is 23.7. The van der Waals surface area contributed by atoms with Crippen LogP contribution in [-0.4, -0.2) is 31.9 Å². The van der Waals surface area contributed by atoms with Gasteiger partial charge in [-0.15, -0.1) is 0 Å². The van der Waals surface area contributed by atoms with Crippen LogP contribution in [0.2, 0.25) is 0 Å². The molecule has 2 N–H and O–H groups in total. The minimum atomic E-state index is -4.67. The Balaban J connectivity index is 1.94. The Morgan fingerprint density at radius 3 is 2.55 bits per heavy atom. The quantitative estimate of drug-likeness (QED) is 0.636. The third-order valence-electron chi connectivity index (χ3n) is 4.92. The molecule has 1 aliphatic heterocycles. The number of hydrogen-bond acceptors (Lipinski definition) is 4. The predicted molar refractivity (Wildman–Crippen MR) is 114 cm³/mol. The van der Waals surface area contributed by atoms with E-state index in [9.17, 15) is 31.2 Å². The van der Waals surface area contributed by atoms with Gasteiger partial charge in [0.05, 0.1) is 22.6 Å². The summed E-state index contributed by atoms with van der Waals surface area (Å²) < 4.78 is 67.5. The van der Waals surface area contributed by atoms with Crippen molar-refractivity contribution in [3.8, 4) is 11.8 Å². The number of hydrogen-bond donors (Lipinski definition) is 2. The molecule has 33 heavy (non-hydrogen) atoms. The molecule has 0 spiro atoms. The Morgan fingerprint density at radius 1 is 1.18 bits per heavy atom. The number of carboxylic acids is 1. The number of fused-ring (bicyclic) bond motifs is 1. The average Bonchev–Trinajstić information content (AvgIpc) is 3.14. The van der Waals surface area contributed by atoms with Crippen molar-refractivity contribution in [2.45, 2.75) is 37.3 Å². The molecule has 0 bridgehead atoms. The number of halogens is 3. The van der Waals surface area contributed by atoms with Crippen LogP contribution in [0.25, 0.3) is 0 Å². The van der Waals surface area contributed by atoms with Crippen molar-refractivity contribution in [2.75, 3.05) is 16.2 Å². The normalized spacial score (nSPS) is 13.2. The molecule has 2 aromatic carbocycles. The van der Waals surface area contributed by atoms with Gasteiger partial charge < -0.3 is 10.0 Å². The summed E-state index contributed by atoms with van der Waals surface area (Å²) >= 11 is 0. The van der Waals surface area contributed by atoms with E-state index in [2.05, 4.69) is 16.6 Å². The zero-order valence-corrected chi connectivity index (χ0v) is 18.2. The van der Waals surface area contributed by atoms with Gasteiger partial charge in [-0.1, -0.05) is 11.8 Å². The molecule has 0 radical (unpaired) electrons. The Kier molecular flexibility index (Phi) is 6.69. The Labute approximate surface area is 188 Å². The molecule has 0 saturated heterocycles. The summed E-state index contributed by atoms with van der Waals surface area (Å²) in [5.41, 5.74) is -0.149. The van der Waals surface area contributed by atoms with Crippen LogP contribution in [0.5, 0.6) is 0 Å². The van der Waals surface area contributed by atoms with E-state index in [1.165, 1.54) is 30.0 Å². The van der Waals surface area contributed by atoms with Gasteiger partial charge in [-0.3, -0.25) is 14.3 Å². The molecule has 3 rings (SSSR count). The standard InChI is InChI=1S/C22H19F3N2O5S/c1-14(28)27-11-10-16-13-18(7-9-20(16)27)33(31,32)26-19-8-6-17(22(23,24)25)12-15(19)4-2-3-5-21(29)30/h6-9,12-13,26H,3,5,10-11H2,1H3,(H,29,30). The summed E-state index contributed by atoms with van der Waals surface area (Å²) in [7, 11) is -4.18. The van der Waals surface area contributed by atoms with Crippen LogP contribution in [0.4, 0.5) is 24.5 Å². The lowest BCUT2D eigenvalue weighted by Gasteiger charge is -2.16. The van der Waals surface area contributed by atoms with E-state index < -0.39 is 27.7 Å².